The fourth-order valence-electron chi connectivity index (χ4n) is 4.31. The molecule has 3 fully saturated rings. The van der Waals surface area contributed by atoms with Crippen molar-refractivity contribution in [3.63, 3.8) is 0 Å². The molecule has 6 nitrogen and oxygen atoms in total. The zero-order valence-electron chi connectivity index (χ0n) is 16.5. The number of rotatable bonds is 3. The molecule has 0 unspecified atom stereocenters. The number of morpholine rings is 1. The van der Waals surface area contributed by atoms with E-state index in [0.29, 0.717) is 31.6 Å². The lowest BCUT2D eigenvalue weighted by Gasteiger charge is -2.46. The van der Waals surface area contributed by atoms with Gasteiger partial charge in [-0.1, -0.05) is 12.1 Å². The Morgan fingerprint density at radius 3 is 2.32 bits per heavy atom. The maximum absolute atomic E-state index is 14.5. The van der Waals surface area contributed by atoms with Gasteiger partial charge < -0.3 is 19.9 Å². The van der Waals surface area contributed by atoms with Gasteiger partial charge in [-0.15, -0.1) is 0 Å². The van der Waals surface area contributed by atoms with Crippen LogP contribution in [-0.4, -0.2) is 66.7 Å². The summed E-state index contributed by atoms with van der Waals surface area (Å²) in [5.74, 6) is -3.96. The molecule has 3 amide bonds. The van der Waals surface area contributed by atoms with Crippen molar-refractivity contribution in [1.82, 2.24) is 15.1 Å². The molecule has 0 radical (unpaired) electrons. The first-order valence-corrected chi connectivity index (χ1v) is 10.0. The third-order valence-corrected chi connectivity index (χ3v) is 6.00. The molecule has 1 N–H and O–H groups in total. The molecule has 31 heavy (non-hydrogen) atoms. The first-order chi connectivity index (χ1) is 14.5. The van der Waals surface area contributed by atoms with Crippen molar-refractivity contribution in [2.75, 3.05) is 32.8 Å². The van der Waals surface area contributed by atoms with Gasteiger partial charge in [-0.05, 0) is 18.6 Å². The molecule has 3 aliphatic rings. The lowest BCUT2D eigenvalue weighted by atomic mass is 9.90. The number of alkyl halides is 5. The average molecular weight is 447 g/mol. The van der Waals surface area contributed by atoms with E-state index in [1.165, 1.54) is 4.90 Å². The van der Waals surface area contributed by atoms with E-state index in [9.17, 15) is 31.5 Å². The van der Waals surface area contributed by atoms with Crippen LogP contribution in [0.5, 0.6) is 0 Å². The monoisotopic (exact) mass is 447 g/mol. The minimum absolute atomic E-state index is 0.00998. The molecule has 3 heterocycles. The summed E-state index contributed by atoms with van der Waals surface area (Å²) < 4.78 is 72.3. The lowest BCUT2D eigenvalue weighted by Crippen LogP contribution is -2.64. The van der Waals surface area contributed by atoms with Gasteiger partial charge in [0.25, 0.3) is 5.92 Å². The van der Waals surface area contributed by atoms with Gasteiger partial charge in [0, 0.05) is 44.1 Å². The Morgan fingerprint density at radius 1 is 1.03 bits per heavy atom. The summed E-state index contributed by atoms with van der Waals surface area (Å²) in [6.07, 6.45) is -4.67. The smallest absolute Gasteiger partial charge is 0.366 e. The number of amides is 3. The molecule has 0 aliphatic carbocycles. The number of nitrogens with zero attached hydrogens (tertiary/aromatic N) is 2. The molecule has 3 aliphatic heterocycles. The molecule has 0 saturated carbocycles. The number of ether oxygens (including phenoxy) is 1. The van der Waals surface area contributed by atoms with Crippen molar-refractivity contribution >= 4 is 11.9 Å². The lowest BCUT2D eigenvalue weighted by molar-refractivity contribution is -0.140. The van der Waals surface area contributed by atoms with E-state index in [1.807, 2.05) is 0 Å². The average Bonchev–Trinajstić information content (AvgIpc) is 2.69. The molecule has 4 rings (SSSR count). The van der Waals surface area contributed by atoms with Gasteiger partial charge in [-0.3, -0.25) is 4.79 Å². The standard InChI is InChI=1S/C20H22F5N3O3/c21-19(22,13-1-3-14(4-2-13)20(23,24)25)7-12-8-28(9-12)18(30)27-6-5-16-15(10-27)26-17(29)11-31-16/h1-4,12,15-16H,5-11H2,(H,26,29)/t15-,16+/m1/s1. The fourth-order valence-corrected chi connectivity index (χ4v) is 4.31. The molecule has 2 atom stereocenters. The second-order valence-corrected chi connectivity index (χ2v) is 8.30. The topological polar surface area (TPSA) is 61.9 Å². The second kappa shape index (κ2) is 7.92. The highest BCUT2D eigenvalue weighted by molar-refractivity contribution is 5.79. The van der Waals surface area contributed by atoms with Crippen LogP contribution < -0.4 is 5.32 Å². The Morgan fingerprint density at radius 2 is 1.68 bits per heavy atom. The number of urea groups is 1. The van der Waals surface area contributed by atoms with Crippen molar-refractivity contribution in [3.05, 3.63) is 35.4 Å². The van der Waals surface area contributed by atoms with Crippen LogP contribution in [0.15, 0.2) is 24.3 Å². The molecule has 0 aromatic heterocycles. The minimum Gasteiger partial charge on any atom is -0.366 e. The number of nitrogens with one attached hydrogen (secondary N) is 1. The summed E-state index contributed by atoms with van der Waals surface area (Å²) >= 11 is 0. The maximum atomic E-state index is 14.5. The Bertz CT molecular complexity index is 839. The van der Waals surface area contributed by atoms with Gasteiger partial charge in [-0.25, -0.2) is 13.6 Å². The third-order valence-electron chi connectivity index (χ3n) is 6.00. The number of carbonyl (C=O) groups excluding carboxylic acids is 2. The molecular weight excluding hydrogens is 425 g/mol. The maximum Gasteiger partial charge on any atom is 0.416 e. The van der Waals surface area contributed by atoms with E-state index in [0.717, 1.165) is 12.1 Å². The number of likely N-dealkylation sites (tertiary alicyclic amines) is 2. The minimum atomic E-state index is -4.58. The van der Waals surface area contributed by atoms with Crippen molar-refractivity contribution in [2.45, 2.75) is 37.1 Å². The van der Waals surface area contributed by atoms with Crippen LogP contribution in [0.25, 0.3) is 0 Å². The van der Waals surface area contributed by atoms with Gasteiger partial charge in [0.1, 0.15) is 6.61 Å². The summed E-state index contributed by atoms with van der Waals surface area (Å²) in [6, 6.07) is 2.35. The number of fused-ring (bicyclic) bond motifs is 1. The molecule has 3 saturated heterocycles. The van der Waals surface area contributed by atoms with Crippen molar-refractivity contribution in [1.29, 1.82) is 0 Å². The summed E-state index contributed by atoms with van der Waals surface area (Å²) in [5.41, 5.74) is -1.45. The van der Waals surface area contributed by atoms with Crippen LogP contribution in [0.4, 0.5) is 26.7 Å². The number of hydrogen-bond acceptors (Lipinski definition) is 3. The van der Waals surface area contributed by atoms with E-state index in [1.54, 1.807) is 4.90 Å². The third kappa shape index (κ3) is 4.60. The normalized spacial score (nSPS) is 25.0. The van der Waals surface area contributed by atoms with Gasteiger partial charge >= 0.3 is 12.2 Å². The summed E-state index contributed by atoms with van der Waals surface area (Å²) in [7, 11) is 0. The highest BCUT2D eigenvalue weighted by atomic mass is 19.4. The van der Waals surface area contributed by atoms with E-state index < -0.39 is 35.6 Å². The highest BCUT2D eigenvalue weighted by Gasteiger charge is 2.44. The quantitative estimate of drug-likeness (QED) is 0.725. The van der Waals surface area contributed by atoms with Crippen molar-refractivity contribution in [2.24, 2.45) is 5.92 Å². The molecule has 170 valence electrons. The number of carbonyl (C=O) groups is 2. The number of piperidine rings is 1. The zero-order chi connectivity index (χ0) is 22.4. The largest absolute Gasteiger partial charge is 0.416 e. The van der Waals surface area contributed by atoms with Gasteiger partial charge in [0.05, 0.1) is 17.7 Å². The van der Waals surface area contributed by atoms with Crippen LogP contribution in [0.1, 0.15) is 24.0 Å². The first-order valence-electron chi connectivity index (χ1n) is 10.0. The van der Waals surface area contributed by atoms with Crippen LogP contribution in [-0.2, 0) is 21.6 Å². The molecule has 0 spiro atoms. The molecule has 1 aromatic rings. The SMILES string of the molecule is O=C1CO[C@H]2CCN(C(=O)N3CC(CC(F)(F)c4ccc(C(F)(F)F)cc4)C3)C[C@H]2N1. The van der Waals surface area contributed by atoms with Crippen molar-refractivity contribution in [3.8, 4) is 0 Å². The number of hydrogen-bond donors (Lipinski definition) is 1. The van der Waals surface area contributed by atoms with Gasteiger partial charge in [-0.2, -0.15) is 13.2 Å². The predicted octanol–water partition coefficient (Wildman–Crippen LogP) is 2.83. The zero-order valence-corrected chi connectivity index (χ0v) is 16.5. The van der Waals surface area contributed by atoms with E-state index >= 15 is 0 Å². The molecule has 11 heteroatoms. The summed E-state index contributed by atoms with van der Waals surface area (Å²) in [5, 5.41) is 2.80. The van der Waals surface area contributed by atoms with Gasteiger partial charge in [0.2, 0.25) is 5.91 Å². The van der Waals surface area contributed by atoms with E-state index in [2.05, 4.69) is 5.32 Å². The Kier molecular flexibility index (Phi) is 5.57. The van der Waals surface area contributed by atoms with E-state index in [-0.39, 0.29) is 43.8 Å². The van der Waals surface area contributed by atoms with Gasteiger partial charge in [0.15, 0.2) is 0 Å². The fraction of sp³-hybridized carbons (Fsp3) is 0.600. The Balaban J connectivity index is 1.28. The predicted molar refractivity (Wildman–Crippen MR) is 98.3 cm³/mol. The van der Waals surface area contributed by atoms with Crippen LogP contribution in [0.3, 0.4) is 0 Å². The van der Waals surface area contributed by atoms with Crippen LogP contribution >= 0.6 is 0 Å². The summed E-state index contributed by atoms with van der Waals surface area (Å²) in [4.78, 5) is 27.2. The van der Waals surface area contributed by atoms with Crippen LogP contribution in [0.2, 0.25) is 0 Å². The number of halogens is 5. The first kappa shape index (κ1) is 21.8. The Hall–Kier alpha value is -2.43. The number of benzene rings is 1. The summed E-state index contributed by atoms with van der Waals surface area (Å²) in [6.45, 7) is 1.08. The van der Waals surface area contributed by atoms with Crippen LogP contribution in [0, 0.1) is 5.92 Å². The second-order valence-electron chi connectivity index (χ2n) is 8.30. The molecular formula is C20H22F5N3O3. The highest BCUT2D eigenvalue weighted by Crippen LogP contribution is 2.39. The van der Waals surface area contributed by atoms with E-state index in [4.69, 9.17) is 4.74 Å². The molecule has 1 aromatic carbocycles. The Labute approximate surface area is 175 Å². The van der Waals surface area contributed by atoms with Crippen molar-refractivity contribution < 1.29 is 36.3 Å². The molecule has 0 bridgehead atoms.